The lowest BCUT2D eigenvalue weighted by molar-refractivity contribution is -0.142. The van der Waals surface area contributed by atoms with Crippen LogP contribution in [0.1, 0.15) is 39.0 Å². The van der Waals surface area contributed by atoms with Crippen molar-refractivity contribution in [3.8, 4) is 0 Å². The van der Waals surface area contributed by atoms with Crippen LogP contribution in [0, 0.1) is 5.92 Å². The third kappa shape index (κ3) is 4.55. The van der Waals surface area contributed by atoms with E-state index in [9.17, 15) is 13.2 Å². The molecule has 1 heterocycles. The number of nitrogens with one attached hydrogen (secondary N) is 1. The molecule has 0 aliphatic carbocycles. The summed E-state index contributed by atoms with van der Waals surface area (Å²) in [5.41, 5.74) is 0. The Balaban J connectivity index is 2.48. The summed E-state index contributed by atoms with van der Waals surface area (Å²) in [5.74, 6) is -1.49. The summed E-state index contributed by atoms with van der Waals surface area (Å²) in [6.45, 7) is 2.96. The van der Waals surface area contributed by atoms with Gasteiger partial charge in [0, 0.05) is 19.6 Å². The molecular formula is C11H22N2O4S. The summed E-state index contributed by atoms with van der Waals surface area (Å²) in [6, 6.07) is 0. The normalized spacial score (nSPS) is 21.9. The smallest absolute Gasteiger partial charge is 0.307 e. The van der Waals surface area contributed by atoms with Crippen LogP contribution in [0.4, 0.5) is 0 Å². The van der Waals surface area contributed by atoms with Crippen molar-refractivity contribution in [3.63, 3.8) is 0 Å². The van der Waals surface area contributed by atoms with Gasteiger partial charge in [-0.3, -0.25) is 4.79 Å². The van der Waals surface area contributed by atoms with Gasteiger partial charge >= 0.3 is 5.97 Å². The molecule has 1 aliphatic heterocycles. The molecule has 1 aliphatic rings. The first-order chi connectivity index (χ1) is 8.47. The Hall–Kier alpha value is -0.660. The molecule has 2 N–H and O–H groups in total. The molecule has 1 atom stereocenters. The second-order valence-electron chi connectivity index (χ2n) is 4.64. The van der Waals surface area contributed by atoms with Gasteiger partial charge < -0.3 is 5.11 Å². The van der Waals surface area contributed by atoms with Gasteiger partial charge in [-0.15, -0.1) is 0 Å². The molecular weight excluding hydrogens is 256 g/mol. The van der Waals surface area contributed by atoms with E-state index in [2.05, 4.69) is 11.6 Å². The van der Waals surface area contributed by atoms with Crippen LogP contribution in [0.3, 0.4) is 0 Å². The van der Waals surface area contributed by atoms with Crippen LogP contribution in [0.2, 0.25) is 0 Å². The van der Waals surface area contributed by atoms with Crippen LogP contribution in [-0.2, 0) is 15.0 Å². The van der Waals surface area contributed by atoms with Crippen LogP contribution < -0.4 is 4.72 Å². The van der Waals surface area contributed by atoms with Crippen molar-refractivity contribution in [2.45, 2.75) is 39.0 Å². The Kier molecular flexibility index (Phi) is 6.04. The van der Waals surface area contributed by atoms with E-state index in [1.54, 1.807) is 0 Å². The predicted molar refractivity (Wildman–Crippen MR) is 68.4 cm³/mol. The van der Waals surface area contributed by atoms with E-state index in [-0.39, 0.29) is 6.54 Å². The highest BCUT2D eigenvalue weighted by atomic mass is 32.2. The number of hydrogen-bond acceptors (Lipinski definition) is 3. The van der Waals surface area contributed by atoms with Crippen LogP contribution in [-0.4, -0.2) is 43.4 Å². The van der Waals surface area contributed by atoms with Crippen molar-refractivity contribution in [1.82, 2.24) is 9.03 Å². The Morgan fingerprint density at radius 3 is 2.78 bits per heavy atom. The minimum absolute atomic E-state index is 0.0818. The number of aliphatic carboxylic acids is 1. The number of rotatable bonds is 7. The minimum Gasteiger partial charge on any atom is -0.481 e. The van der Waals surface area contributed by atoms with Gasteiger partial charge in [-0.2, -0.15) is 12.7 Å². The molecule has 1 unspecified atom stereocenters. The van der Waals surface area contributed by atoms with Gasteiger partial charge in [-0.05, 0) is 19.3 Å². The molecule has 0 aromatic rings. The molecule has 6 nitrogen and oxygen atoms in total. The van der Waals surface area contributed by atoms with Crippen molar-refractivity contribution >= 4 is 16.2 Å². The van der Waals surface area contributed by atoms with Crippen LogP contribution >= 0.6 is 0 Å². The quantitative estimate of drug-likeness (QED) is 0.675. The Morgan fingerprint density at radius 2 is 2.17 bits per heavy atom. The van der Waals surface area contributed by atoms with Gasteiger partial charge in [0.25, 0.3) is 10.2 Å². The molecule has 1 saturated heterocycles. The average Bonchev–Trinajstić information content (AvgIpc) is 2.35. The summed E-state index contributed by atoms with van der Waals surface area (Å²) in [6.07, 6.45) is 3.99. The number of carboxylic acid groups (broad SMARTS) is 1. The maximum Gasteiger partial charge on any atom is 0.307 e. The molecule has 1 fully saturated rings. The van der Waals surface area contributed by atoms with Gasteiger partial charge in [0.1, 0.15) is 0 Å². The van der Waals surface area contributed by atoms with E-state index in [0.717, 1.165) is 19.3 Å². The summed E-state index contributed by atoms with van der Waals surface area (Å²) in [4.78, 5) is 10.9. The molecule has 0 aromatic carbocycles. The van der Waals surface area contributed by atoms with E-state index in [0.29, 0.717) is 25.9 Å². The number of nitrogens with zero attached hydrogens (tertiary/aromatic N) is 1. The molecule has 0 radical (unpaired) electrons. The van der Waals surface area contributed by atoms with Crippen LogP contribution in [0.15, 0.2) is 0 Å². The van der Waals surface area contributed by atoms with Crippen molar-refractivity contribution in [3.05, 3.63) is 0 Å². The fraction of sp³-hybridized carbons (Fsp3) is 0.909. The van der Waals surface area contributed by atoms with E-state index in [1.807, 2.05) is 0 Å². The summed E-state index contributed by atoms with van der Waals surface area (Å²) < 4.78 is 27.7. The molecule has 0 bridgehead atoms. The van der Waals surface area contributed by atoms with E-state index < -0.39 is 22.1 Å². The van der Waals surface area contributed by atoms with Gasteiger partial charge in [0.05, 0.1) is 5.92 Å². The van der Waals surface area contributed by atoms with Gasteiger partial charge in [0.2, 0.25) is 0 Å². The number of piperidine rings is 1. The lowest BCUT2D eigenvalue weighted by Crippen LogP contribution is -2.47. The molecule has 1 rings (SSSR count). The van der Waals surface area contributed by atoms with Gasteiger partial charge in [0.15, 0.2) is 0 Å². The zero-order valence-corrected chi connectivity index (χ0v) is 11.6. The molecule has 0 aromatic heterocycles. The van der Waals surface area contributed by atoms with E-state index >= 15 is 0 Å². The third-order valence-corrected chi connectivity index (χ3v) is 4.72. The summed E-state index contributed by atoms with van der Waals surface area (Å²) in [7, 11) is -3.51. The number of carboxylic acids is 1. The molecule has 0 saturated carbocycles. The Bertz CT molecular complexity index is 369. The standard InChI is InChI=1S/C11H22N2O4S/c1-2-3-4-7-12-18(16,17)13-8-5-6-10(9-13)11(14)15/h10,12H,2-9H2,1H3,(H,14,15). The van der Waals surface area contributed by atoms with E-state index in [1.165, 1.54) is 4.31 Å². The van der Waals surface area contributed by atoms with Crippen molar-refractivity contribution in [1.29, 1.82) is 0 Å². The molecule has 0 amide bonds. The highest BCUT2D eigenvalue weighted by molar-refractivity contribution is 7.87. The largest absolute Gasteiger partial charge is 0.481 e. The number of carbonyl (C=O) groups is 1. The highest BCUT2D eigenvalue weighted by Crippen LogP contribution is 2.18. The minimum atomic E-state index is -3.51. The van der Waals surface area contributed by atoms with Crippen LogP contribution in [0.5, 0.6) is 0 Å². The van der Waals surface area contributed by atoms with E-state index in [4.69, 9.17) is 5.11 Å². The maximum absolute atomic E-state index is 11.9. The lowest BCUT2D eigenvalue weighted by atomic mass is 10.0. The first-order valence-corrected chi connectivity index (χ1v) is 7.89. The monoisotopic (exact) mass is 278 g/mol. The predicted octanol–water partition coefficient (Wildman–Crippen LogP) is 0.808. The molecule has 106 valence electrons. The fourth-order valence-corrected chi connectivity index (χ4v) is 3.36. The molecule has 18 heavy (non-hydrogen) atoms. The second-order valence-corrected chi connectivity index (χ2v) is 6.40. The van der Waals surface area contributed by atoms with Gasteiger partial charge in [-0.25, -0.2) is 4.72 Å². The molecule has 0 spiro atoms. The zero-order valence-electron chi connectivity index (χ0n) is 10.8. The SMILES string of the molecule is CCCCCNS(=O)(=O)N1CCCC(C(=O)O)C1. The number of unbranched alkanes of at least 4 members (excludes halogenated alkanes) is 2. The fourth-order valence-electron chi connectivity index (χ4n) is 2.03. The maximum atomic E-state index is 11.9. The van der Waals surface area contributed by atoms with Crippen LogP contribution in [0.25, 0.3) is 0 Å². The van der Waals surface area contributed by atoms with Crippen molar-refractivity contribution < 1.29 is 18.3 Å². The van der Waals surface area contributed by atoms with Crippen molar-refractivity contribution in [2.75, 3.05) is 19.6 Å². The zero-order chi connectivity index (χ0) is 13.6. The van der Waals surface area contributed by atoms with Crippen molar-refractivity contribution in [2.24, 2.45) is 5.92 Å². The summed E-state index contributed by atoms with van der Waals surface area (Å²) in [5, 5.41) is 8.93. The topological polar surface area (TPSA) is 86.7 Å². The number of hydrogen-bond donors (Lipinski definition) is 2. The Morgan fingerprint density at radius 1 is 1.44 bits per heavy atom. The summed E-state index contributed by atoms with van der Waals surface area (Å²) >= 11 is 0. The first kappa shape index (κ1) is 15.4. The Labute approximate surface area is 109 Å². The first-order valence-electron chi connectivity index (χ1n) is 6.45. The molecule has 7 heteroatoms. The average molecular weight is 278 g/mol. The highest BCUT2D eigenvalue weighted by Gasteiger charge is 2.31. The lowest BCUT2D eigenvalue weighted by Gasteiger charge is -2.29. The third-order valence-electron chi connectivity index (χ3n) is 3.14. The second kappa shape index (κ2) is 7.06. The van der Waals surface area contributed by atoms with Gasteiger partial charge in [-0.1, -0.05) is 19.8 Å².